The number of carboxylic acid groups (broad SMARTS) is 2. The van der Waals surface area contributed by atoms with Crippen molar-refractivity contribution in [1.29, 1.82) is 0 Å². The summed E-state index contributed by atoms with van der Waals surface area (Å²) in [7, 11) is -0.0573. The van der Waals surface area contributed by atoms with Gasteiger partial charge in [0.1, 0.15) is 0 Å². The predicted octanol–water partition coefficient (Wildman–Crippen LogP) is 11.0. The number of aryl methyl sites for hydroxylation is 2. The summed E-state index contributed by atoms with van der Waals surface area (Å²) < 4.78 is 0. The molecule has 0 aromatic heterocycles. The van der Waals surface area contributed by atoms with E-state index in [4.69, 9.17) is 15.0 Å². The van der Waals surface area contributed by atoms with Gasteiger partial charge in [-0.1, -0.05) is 146 Å². The Labute approximate surface area is 265 Å². The Balaban J connectivity index is 0.00000151. The maximum absolute atomic E-state index is 8.44. The van der Waals surface area contributed by atoms with Crippen molar-refractivity contribution in [3.05, 3.63) is 90.0 Å². The Bertz CT molecular complexity index is 1010. The molecule has 3 aromatic carbocycles. The van der Waals surface area contributed by atoms with E-state index in [-0.39, 0.29) is 10.9 Å². The summed E-state index contributed by atoms with van der Waals surface area (Å²) in [5.41, 5.74) is 2.98. The van der Waals surface area contributed by atoms with E-state index < -0.39 is 6.16 Å². The third kappa shape index (κ3) is 16.6. The lowest BCUT2D eigenvalue weighted by atomic mass is 10.0. The normalized spacial score (nSPS) is 10.9. The molecule has 0 unspecified atom stereocenters. The first-order chi connectivity index (χ1) is 21.0. The second-order valence-electron chi connectivity index (χ2n) is 11.6. The van der Waals surface area contributed by atoms with Crippen molar-refractivity contribution in [1.82, 2.24) is 0 Å². The molecule has 3 aromatic rings. The summed E-state index contributed by atoms with van der Waals surface area (Å²) in [5.74, 6) is 0. The summed E-state index contributed by atoms with van der Waals surface area (Å²) >= 11 is 0. The third-order valence-electron chi connectivity index (χ3n) is 7.94. The highest BCUT2D eigenvalue weighted by Crippen LogP contribution is 2.32. The van der Waals surface area contributed by atoms with Gasteiger partial charge in [0.15, 0.2) is 14.7 Å². The number of rotatable bonds is 21. The third-order valence-corrected chi connectivity index (χ3v) is 10.2. The lowest BCUT2D eigenvalue weighted by Crippen LogP contribution is -2.17. The van der Waals surface area contributed by atoms with Gasteiger partial charge in [-0.25, -0.2) is 0 Å². The molecular formula is C39H56O3S. The van der Waals surface area contributed by atoms with Crippen molar-refractivity contribution in [2.24, 2.45) is 0 Å². The minimum absolute atomic E-state index is 0.0573. The zero-order chi connectivity index (χ0) is 31.0. The number of hydrogen-bond acceptors (Lipinski definition) is 2. The molecule has 0 spiro atoms. The van der Waals surface area contributed by atoms with Crippen molar-refractivity contribution < 1.29 is 15.0 Å². The molecule has 0 aliphatic heterocycles. The molecule has 0 saturated heterocycles. The van der Waals surface area contributed by atoms with E-state index in [2.05, 4.69) is 92.7 Å². The lowest BCUT2D eigenvalue weighted by Gasteiger charge is -2.10. The summed E-state index contributed by atoms with van der Waals surface area (Å²) in [4.78, 5) is 12.7. The van der Waals surface area contributed by atoms with E-state index in [0.717, 1.165) is 0 Å². The van der Waals surface area contributed by atoms with Crippen LogP contribution in [0.25, 0.3) is 0 Å². The standard InChI is InChI=1S/C38H55S.CH2O3/c1-3-5-7-9-11-13-15-18-22-34-26-30-37(31-27-34)39(36-24-20-17-21-25-36)38-32-28-35(29-33-38)23-19-16-14-12-10-8-6-4-2;2-1(3)4/h17,20-21,24-33H,3-16,18-19,22-23H2,1-2H3;(H2,2,3,4)/q+1;/p-1. The minimum Gasteiger partial charge on any atom is -0.565 e. The van der Waals surface area contributed by atoms with Gasteiger partial charge < -0.3 is 15.0 Å². The van der Waals surface area contributed by atoms with Crippen LogP contribution < -0.4 is 5.11 Å². The molecule has 0 aliphatic rings. The predicted molar refractivity (Wildman–Crippen MR) is 182 cm³/mol. The van der Waals surface area contributed by atoms with Crippen LogP contribution in [0, 0.1) is 0 Å². The molecule has 0 saturated carbocycles. The molecule has 43 heavy (non-hydrogen) atoms. The second kappa shape index (κ2) is 23.7. The Kier molecular flexibility index (Phi) is 20.1. The van der Waals surface area contributed by atoms with Gasteiger partial charge in [-0.15, -0.1) is 0 Å². The van der Waals surface area contributed by atoms with Crippen LogP contribution in [0.1, 0.15) is 128 Å². The van der Waals surface area contributed by atoms with Gasteiger partial charge in [-0.2, -0.15) is 0 Å². The summed E-state index contributed by atoms with van der Waals surface area (Å²) in [6.45, 7) is 4.59. The van der Waals surface area contributed by atoms with Crippen LogP contribution in [0.5, 0.6) is 0 Å². The Morgan fingerprint density at radius 1 is 0.512 bits per heavy atom. The van der Waals surface area contributed by atoms with E-state index in [9.17, 15) is 0 Å². The molecular weight excluding hydrogens is 548 g/mol. The van der Waals surface area contributed by atoms with Crippen LogP contribution in [0.4, 0.5) is 4.79 Å². The van der Waals surface area contributed by atoms with Crippen molar-refractivity contribution in [2.45, 2.75) is 144 Å². The van der Waals surface area contributed by atoms with Crippen LogP contribution in [0.2, 0.25) is 0 Å². The van der Waals surface area contributed by atoms with E-state index in [1.807, 2.05) is 0 Å². The average Bonchev–Trinajstić information content (AvgIpc) is 3.02. The zero-order valence-corrected chi connectivity index (χ0v) is 27.7. The molecule has 0 bridgehead atoms. The molecule has 0 amide bonds. The summed E-state index contributed by atoms with van der Waals surface area (Å²) in [6.07, 6.45) is 22.5. The van der Waals surface area contributed by atoms with E-state index in [1.54, 1.807) is 0 Å². The molecule has 4 heteroatoms. The molecule has 1 N–H and O–H groups in total. The highest BCUT2D eigenvalue weighted by molar-refractivity contribution is 7.97. The number of carbonyl (C=O) groups is 1. The molecule has 3 nitrogen and oxygen atoms in total. The average molecular weight is 605 g/mol. The summed E-state index contributed by atoms with van der Waals surface area (Å²) in [5, 5.41) is 15.3. The number of unbranched alkanes of at least 4 members (excludes halogenated alkanes) is 14. The quantitative estimate of drug-likeness (QED) is 0.0972. The van der Waals surface area contributed by atoms with E-state index >= 15 is 0 Å². The Morgan fingerprint density at radius 2 is 0.814 bits per heavy atom. The highest BCUT2D eigenvalue weighted by atomic mass is 32.2. The van der Waals surface area contributed by atoms with Gasteiger partial charge >= 0.3 is 0 Å². The molecule has 0 fully saturated rings. The van der Waals surface area contributed by atoms with Gasteiger partial charge in [0, 0.05) is 0 Å². The van der Waals surface area contributed by atoms with Crippen LogP contribution in [-0.4, -0.2) is 11.3 Å². The Morgan fingerprint density at radius 3 is 1.16 bits per heavy atom. The molecule has 3 rings (SSSR count). The van der Waals surface area contributed by atoms with Crippen LogP contribution in [0.15, 0.2) is 93.5 Å². The first-order valence-corrected chi connectivity index (χ1v) is 18.1. The first kappa shape index (κ1) is 36.5. The van der Waals surface area contributed by atoms with Crippen molar-refractivity contribution in [2.75, 3.05) is 0 Å². The molecule has 0 radical (unpaired) electrons. The topological polar surface area (TPSA) is 60.4 Å². The number of benzene rings is 3. The van der Waals surface area contributed by atoms with Crippen LogP contribution >= 0.6 is 0 Å². The van der Waals surface area contributed by atoms with Gasteiger partial charge in [-0.05, 0) is 73.2 Å². The monoisotopic (exact) mass is 604 g/mol. The van der Waals surface area contributed by atoms with E-state index in [0.29, 0.717) is 0 Å². The van der Waals surface area contributed by atoms with Crippen LogP contribution in [-0.2, 0) is 23.7 Å². The van der Waals surface area contributed by atoms with Crippen molar-refractivity contribution in [3.8, 4) is 0 Å². The fourth-order valence-corrected chi connectivity index (χ4v) is 7.54. The van der Waals surface area contributed by atoms with Gasteiger partial charge in [0.2, 0.25) is 6.16 Å². The molecule has 0 aliphatic carbocycles. The molecule has 236 valence electrons. The number of hydrogen-bond donors (Lipinski definition) is 1. The highest BCUT2D eigenvalue weighted by Gasteiger charge is 2.28. The van der Waals surface area contributed by atoms with Crippen molar-refractivity contribution >= 4 is 17.1 Å². The molecule has 0 heterocycles. The lowest BCUT2D eigenvalue weighted by molar-refractivity contribution is -0.275. The summed E-state index contributed by atoms with van der Waals surface area (Å²) in [6, 6.07) is 30.2. The van der Waals surface area contributed by atoms with Crippen LogP contribution in [0.3, 0.4) is 0 Å². The smallest absolute Gasteiger partial charge is 0.249 e. The second-order valence-corrected chi connectivity index (χ2v) is 13.6. The van der Waals surface area contributed by atoms with Gasteiger partial charge in [0.25, 0.3) is 0 Å². The largest absolute Gasteiger partial charge is 0.565 e. The van der Waals surface area contributed by atoms with E-state index in [1.165, 1.54) is 141 Å². The maximum atomic E-state index is 8.44. The fraction of sp³-hybridized carbons (Fsp3) is 0.513. The molecule has 0 atom stereocenters. The van der Waals surface area contributed by atoms with Crippen molar-refractivity contribution in [3.63, 3.8) is 0 Å². The minimum atomic E-state index is -2.08. The van der Waals surface area contributed by atoms with Gasteiger partial charge in [-0.3, -0.25) is 0 Å². The SMILES string of the molecule is CCCCCCCCCCc1ccc([S+](c2ccccc2)c2ccc(CCCCCCCCCC)cc2)cc1.O=C([O-])O. The fourth-order valence-electron chi connectivity index (χ4n) is 5.48. The zero-order valence-electron chi connectivity index (χ0n) is 26.9. The maximum Gasteiger partial charge on any atom is 0.249 e. The van der Waals surface area contributed by atoms with Gasteiger partial charge in [0.05, 0.1) is 10.9 Å². The first-order valence-electron chi connectivity index (χ1n) is 16.9. The Hall–Kier alpha value is -2.72.